The molecule has 0 spiro atoms. The SMILES string of the molecule is COc1cc(I)ccc1C(=O)NC(CS(=O)(=O)[O-])(C(F)(F)F)C(F)(F)F. The lowest BCUT2D eigenvalue weighted by Gasteiger charge is -2.38. The molecule has 6 nitrogen and oxygen atoms in total. The summed E-state index contributed by atoms with van der Waals surface area (Å²) in [4.78, 5) is 12.0. The highest BCUT2D eigenvalue weighted by molar-refractivity contribution is 14.1. The number of carbonyl (C=O) groups excluding carboxylic acids is 1. The van der Waals surface area contributed by atoms with E-state index in [1.807, 2.05) is 0 Å². The van der Waals surface area contributed by atoms with E-state index in [1.54, 1.807) is 22.6 Å². The van der Waals surface area contributed by atoms with Crippen LogP contribution >= 0.6 is 22.6 Å². The smallest absolute Gasteiger partial charge is 0.421 e. The topological polar surface area (TPSA) is 95.5 Å². The minimum Gasteiger partial charge on any atom is -0.748 e. The molecule has 0 saturated carbocycles. The summed E-state index contributed by atoms with van der Waals surface area (Å²) in [6, 6.07) is 3.24. The van der Waals surface area contributed by atoms with Crippen molar-refractivity contribution in [2.75, 3.05) is 12.9 Å². The Morgan fingerprint density at radius 1 is 1.19 bits per heavy atom. The minimum atomic E-state index is -6.32. The number of ether oxygens (including phenoxy) is 1. The Hall–Kier alpha value is -1.29. The number of hydrogen-bond donors (Lipinski definition) is 1. The Kier molecular flexibility index (Phi) is 6.46. The molecular formula is C12H9F6INO5S-. The Morgan fingerprint density at radius 2 is 1.69 bits per heavy atom. The highest BCUT2D eigenvalue weighted by Gasteiger charge is 2.72. The van der Waals surface area contributed by atoms with Gasteiger partial charge in [-0.15, -0.1) is 0 Å². The summed E-state index contributed by atoms with van der Waals surface area (Å²) in [6.07, 6.45) is -12.6. The third-order valence-electron chi connectivity index (χ3n) is 3.10. The molecule has 0 atom stereocenters. The lowest BCUT2D eigenvalue weighted by molar-refractivity contribution is -0.296. The second kappa shape index (κ2) is 7.38. The van der Waals surface area contributed by atoms with Crippen molar-refractivity contribution in [2.24, 2.45) is 0 Å². The fourth-order valence-electron chi connectivity index (χ4n) is 1.88. The Bertz CT molecular complexity index is 778. The van der Waals surface area contributed by atoms with Gasteiger partial charge in [-0.2, -0.15) is 26.3 Å². The average molecular weight is 520 g/mol. The number of alkyl halides is 6. The molecule has 0 bridgehead atoms. The standard InChI is InChI=1S/C12H10F6INO5S/c1-25-8-4-6(19)2-3-7(8)9(21)20-10(11(13,14)15,12(16,17)18)5-26(22,23)24/h2-4H,5H2,1H3,(H,20,21)(H,22,23,24)/p-1. The molecule has 1 aromatic rings. The summed E-state index contributed by atoms with van der Waals surface area (Å²) in [5.74, 6) is -5.22. The maximum atomic E-state index is 13.2. The van der Waals surface area contributed by atoms with Crippen LogP contribution in [0.3, 0.4) is 0 Å². The van der Waals surface area contributed by atoms with Crippen molar-refractivity contribution in [2.45, 2.75) is 17.9 Å². The Balaban J connectivity index is 3.53. The summed E-state index contributed by atoms with van der Waals surface area (Å²) in [7, 11) is -5.02. The normalized spacial score (nSPS) is 13.4. The van der Waals surface area contributed by atoms with Gasteiger partial charge in [-0.25, -0.2) is 8.42 Å². The van der Waals surface area contributed by atoms with Crippen LogP contribution in [-0.4, -0.2) is 49.6 Å². The van der Waals surface area contributed by atoms with Gasteiger partial charge in [0.05, 0.1) is 28.5 Å². The van der Waals surface area contributed by atoms with Crippen molar-refractivity contribution < 1.29 is 48.8 Å². The van der Waals surface area contributed by atoms with Gasteiger partial charge in [-0.1, -0.05) is 0 Å². The van der Waals surface area contributed by atoms with Crippen LogP contribution in [0.15, 0.2) is 18.2 Å². The summed E-state index contributed by atoms with van der Waals surface area (Å²) >= 11 is 1.75. The van der Waals surface area contributed by atoms with Crippen molar-refractivity contribution in [3.63, 3.8) is 0 Å². The zero-order valence-electron chi connectivity index (χ0n) is 12.5. The number of benzene rings is 1. The lowest BCUT2D eigenvalue weighted by atomic mass is 9.99. The molecule has 1 aromatic carbocycles. The van der Waals surface area contributed by atoms with E-state index in [1.165, 1.54) is 6.07 Å². The maximum absolute atomic E-state index is 13.2. The third kappa shape index (κ3) is 4.91. The van der Waals surface area contributed by atoms with E-state index in [9.17, 15) is 44.1 Å². The summed E-state index contributed by atoms with van der Waals surface area (Å²) in [5, 5.41) is 0.627. The van der Waals surface area contributed by atoms with Crippen molar-refractivity contribution in [1.82, 2.24) is 5.32 Å². The van der Waals surface area contributed by atoms with E-state index in [0.29, 0.717) is 8.89 Å². The van der Waals surface area contributed by atoms with Crippen LogP contribution in [0.4, 0.5) is 26.3 Å². The zero-order valence-corrected chi connectivity index (χ0v) is 15.5. The first-order valence-electron chi connectivity index (χ1n) is 6.27. The zero-order chi connectivity index (χ0) is 20.6. The molecule has 0 fully saturated rings. The predicted molar refractivity (Wildman–Crippen MR) is 82.6 cm³/mol. The van der Waals surface area contributed by atoms with Crippen LogP contribution < -0.4 is 10.1 Å². The van der Waals surface area contributed by atoms with Crippen LogP contribution in [0.5, 0.6) is 5.75 Å². The summed E-state index contributed by atoms with van der Waals surface area (Å²) < 4.78 is 116. The lowest BCUT2D eigenvalue weighted by Crippen LogP contribution is -2.70. The Morgan fingerprint density at radius 3 is 2.08 bits per heavy atom. The summed E-state index contributed by atoms with van der Waals surface area (Å²) in [5.41, 5.74) is -6.00. The van der Waals surface area contributed by atoms with E-state index in [0.717, 1.165) is 19.2 Å². The molecule has 0 aliphatic rings. The van der Waals surface area contributed by atoms with Gasteiger partial charge in [0, 0.05) is 3.57 Å². The van der Waals surface area contributed by atoms with Gasteiger partial charge >= 0.3 is 12.4 Å². The molecular weight excluding hydrogens is 511 g/mol. The molecule has 0 unspecified atom stereocenters. The van der Waals surface area contributed by atoms with E-state index in [-0.39, 0.29) is 5.75 Å². The average Bonchev–Trinajstić information content (AvgIpc) is 2.42. The first-order valence-corrected chi connectivity index (χ1v) is 8.93. The highest BCUT2D eigenvalue weighted by atomic mass is 127. The van der Waals surface area contributed by atoms with Gasteiger partial charge in [0.15, 0.2) is 0 Å². The van der Waals surface area contributed by atoms with E-state index >= 15 is 0 Å². The first kappa shape index (κ1) is 22.8. The molecule has 0 radical (unpaired) electrons. The maximum Gasteiger partial charge on any atom is 0.421 e. The molecule has 148 valence electrons. The van der Waals surface area contributed by atoms with Crippen molar-refractivity contribution >= 4 is 38.6 Å². The number of methoxy groups -OCH3 is 1. The van der Waals surface area contributed by atoms with Gasteiger partial charge < -0.3 is 14.6 Å². The van der Waals surface area contributed by atoms with Crippen LogP contribution in [0, 0.1) is 3.57 Å². The van der Waals surface area contributed by atoms with E-state index < -0.39 is 45.2 Å². The minimum absolute atomic E-state index is 0.349. The number of amides is 1. The van der Waals surface area contributed by atoms with Crippen molar-refractivity contribution in [3.05, 3.63) is 27.3 Å². The Labute approximate surface area is 156 Å². The number of rotatable bonds is 5. The number of hydrogen-bond acceptors (Lipinski definition) is 5. The quantitative estimate of drug-likeness (QED) is 0.366. The van der Waals surface area contributed by atoms with Crippen LogP contribution in [0.2, 0.25) is 0 Å². The number of carbonyl (C=O) groups is 1. The van der Waals surface area contributed by atoms with Crippen LogP contribution in [0.25, 0.3) is 0 Å². The van der Waals surface area contributed by atoms with Crippen LogP contribution in [-0.2, 0) is 10.1 Å². The number of nitrogens with one attached hydrogen (secondary N) is 1. The van der Waals surface area contributed by atoms with Gasteiger partial charge in [-0.05, 0) is 40.8 Å². The molecule has 0 aromatic heterocycles. The fourth-order valence-corrected chi connectivity index (χ4v) is 3.27. The molecule has 0 saturated heterocycles. The van der Waals surface area contributed by atoms with Crippen LogP contribution in [0.1, 0.15) is 10.4 Å². The summed E-state index contributed by atoms with van der Waals surface area (Å²) in [6.45, 7) is 0. The monoisotopic (exact) mass is 520 g/mol. The molecule has 1 rings (SSSR count). The molecule has 26 heavy (non-hydrogen) atoms. The highest BCUT2D eigenvalue weighted by Crippen LogP contribution is 2.44. The van der Waals surface area contributed by atoms with Gasteiger partial charge in [0.1, 0.15) is 5.75 Å². The fraction of sp³-hybridized carbons (Fsp3) is 0.417. The first-order chi connectivity index (χ1) is 11.5. The second-order valence-electron chi connectivity index (χ2n) is 4.90. The van der Waals surface area contributed by atoms with Gasteiger partial charge in [0.2, 0.25) is 5.54 Å². The molecule has 0 aliphatic carbocycles. The van der Waals surface area contributed by atoms with Crippen molar-refractivity contribution in [3.8, 4) is 5.75 Å². The van der Waals surface area contributed by atoms with Gasteiger partial charge in [-0.3, -0.25) is 4.79 Å². The predicted octanol–water partition coefficient (Wildman–Crippen LogP) is 2.44. The molecule has 14 heteroatoms. The molecule has 1 amide bonds. The van der Waals surface area contributed by atoms with E-state index in [4.69, 9.17) is 4.74 Å². The largest absolute Gasteiger partial charge is 0.748 e. The number of halogens is 7. The molecule has 0 aliphatic heterocycles. The van der Waals surface area contributed by atoms with Crippen molar-refractivity contribution in [1.29, 1.82) is 0 Å². The second-order valence-corrected chi connectivity index (χ2v) is 7.55. The molecule has 1 N–H and O–H groups in total. The van der Waals surface area contributed by atoms with Gasteiger partial charge in [0.25, 0.3) is 5.91 Å². The third-order valence-corrected chi connectivity index (χ3v) is 4.55. The molecule has 0 heterocycles. The van der Waals surface area contributed by atoms with E-state index in [2.05, 4.69) is 0 Å².